The van der Waals surface area contributed by atoms with Crippen LogP contribution in [0.1, 0.15) is 51.4 Å². The Hall–Kier alpha value is -1.84. The normalized spacial score (nSPS) is 33.0. The number of rotatable bonds is 5. The second-order valence-corrected chi connectivity index (χ2v) is 7.44. The van der Waals surface area contributed by atoms with Gasteiger partial charge in [-0.2, -0.15) is 0 Å². The van der Waals surface area contributed by atoms with Crippen LogP contribution in [0.3, 0.4) is 0 Å². The SMILES string of the molecule is O=C(O)C1CC=CCC1C(=O)OC(C1C=CCCC1)C1C=CCCC1. The van der Waals surface area contributed by atoms with E-state index in [9.17, 15) is 14.7 Å². The van der Waals surface area contributed by atoms with E-state index < -0.39 is 17.8 Å². The quantitative estimate of drug-likeness (QED) is 0.597. The molecule has 0 aromatic carbocycles. The lowest BCUT2D eigenvalue weighted by Gasteiger charge is -2.35. The van der Waals surface area contributed by atoms with E-state index in [2.05, 4.69) is 24.3 Å². The van der Waals surface area contributed by atoms with Crippen LogP contribution >= 0.6 is 0 Å². The summed E-state index contributed by atoms with van der Waals surface area (Å²) in [4.78, 5) is 24.3. The van der Waals surface area contributed by atoms with Gasteiger partial charge in [0.25, 0.3) is 0 Å². The van der Waals surface area contributed by atoms with Crippen LogP contribution in [-0.4, -0.2) is 23.1 Å². The third-order valence-electron chi connectivity index (χ3n) is 5.73. The lowest BCUT2D eigenvalue weighted by Crippen LogP contribution is -2.39. The smallest absolute Gasteiger partial charge is 0.310 e. The zero-order valence-electron chi connectivity index (χ0n) is 14.7. The molecular weight excluding hydrogens is 316 g/mol. The minimum absolute atomic E-state index is 0.166. The van der Waals surface area contributed by atoms with Crippen molar-refractivity contribution in [2.75, 3.05) is 0 Å². The van der Waals surface area contributed by atoms with Crippen LogP contribution in [0.5, 0.6) is 0 Å². The van der Waals surface area contributed by atoms with Crippen molar-refractivity contribution in [3.05, 3.63) is 36.5 Å². The average molecular weight is 344 g/mol. The fourth-order valence-electron chi connectivity index (χ4n) is 4.29. The van der Waals surface area contributed by atoms with E-state index in [1.165, 1.54) is 0 Å². The Morgan fingerprint density at radius 3 is 1.92 bits per heavy atom. The average Bonchev–Trinajstić information content (AvgIpc) is 2.67. The number of allylic oxidation sites excluding steroid dienone is 4. The van der Waals surface area contributed by atoms with Gasteiger partial charge in [-0.25, -0.2) is 0 Å². The molecule has 0 radical (unpaired) electrons. The summed E-state index contributed by atoms with van der Waals surface area (Å²) >= 11 is 0. The molecule has 25 heavy (non-hydrogen) atoms. The summed E-state index contributed by atoms with van der Waals surface area (Å²) in [5.41, 5.74) is 0. The predicted octanol–water partition coefficient (Wildman–Crippen LogP) is 4.28. The first kappa shape index (κ1) is 18.0. The van der Waals surface area contributed by atoms with Crippen molar-refractivity contribution in [3.8, 4) is 0 Å². The molecule has 0 saturated heterocycles. The Kier molecular flexibility index (Phi) is 6.11. The summed E-state index contributed by atoms with van der Waals surface area (Å²) in [6, 6.07) is 0. The number of carboxylic acids is 1. The van der Waals surface area contributed by atoms with Gasteiger partial charge in [0.05, 0.1) is 11.8 Å². The fraction of sp³-hybridized carbons (Fsp3) is 0.619. The largest absolute Gasteiger partial charge is 0.481 e. The molecule has 0 saturated carbocycles. The van der Waals surface area contributed by atoms with E-state index in [4.69, 9.17) is 4.74 Å². The van der Waals surface area contributed by atoms with E-state index in [1.807, 2.05) is 12.2 Å². The molecule has 0 aromatic rings. The van der Waals surface area contributed by atoms with E-state index in [0.29, 0.717) is 12.8 Å². The van der Waals surface area contributed by atoms with Crippen molar-refractivity contribution < 1.29 is 19.4 Å². The maximum atomic E-state index is 12.8. The molecule has 4 unspecified atom stereocenters. The monoisotopic (exact) mass is 344 g/mol. The van der Waals surface area contributed by atoms with Crippen molar-refractivity contribution in [2.24, 2.45) is 23.7 Å². The summed E-state index contributed by atoms with van der Waals surface area (Å²) in [7, 11) is 0. The Labute approximate surface area is 149 Å². The molecule has 0 bridgehead atoms. The zero-order valence-corrected chi connectivity index (χ0v) is 14.7. The molecule has 4 atom stereocenters. The van der Waals surface area contributed by atoms with Gasteiger partial charge in [0.2, 0.25) is 0 Å². The molecule has 4 nitrogen and oxygen atoms in total. The van der Waals surface area contributed by atoms with Crippen LogP contribution in [0.4, 0.5) is 0 Å². The zero-order chi connectivity index (χ0) is 17.6. The third kappa shape index (κ3) is 4.42. The Morgan fingerprint density at radius 2 is 1.44 bits per heavy atom. The minimum atomic E-state index is -0.905. The number of hydrogen-bond acceptors (Lipinski definition) is 3. The maximum Gasteiger partial charge on any atom is 0.310 e. The highest BCUT2D eigenvalue weighted by atomic mass is 16.5. The van der Waals surface area contributed by atoms with Gasteiger partial charge in [-0.1, -0.05) is 36.5 Å². The van der Waals surface area contributed by atoms with Crippen molar-refractivity contribution in [2.45, 2.75) is 57.5 Å². The maximum absolute atomic E-state index is 12.8. The summed E-state index contributed by atoms with van der Waals surface area (Å²) in [6.45, 7) is 0. The lowest BCUT2D eigenvalue weighted by atomic mass is 9.79. The molecule has 0 aliphatic heterocycles. The fourth-order valence-corrected chi connectivity index (χ4v) is 4.29. The lowest BCUT2D eigenvalue weighted by molar-refractivity contribution is -0.165. The summed E-state index contributed by atoms with van der Waals surface area (Å²) < 4.78 is 6.01. The molecule has 0 aromatic heterocycles. The van der Waals surface area contributed by atoms with Crippen molar-refractivity contribution in [3.63, 3.8) is 0 Å². The van der Waals surface area contributed by atoms with Crippen LogP contribution < -0.4 is 0 Å². The third-order valence-corrected chi connectivity index (χ3v) is 5.73. The summed E-state index contributed by atoms with van der Waals surface area (Å²) in [5.74, 6) is -1.98. The number of ether oxygens (including phenoxy) is 1. The molecule has 0 amide bonds. The number of hydrogen-bond donors (Lipinski definition) is 1. The first-order valence-electron chi connectivity index (χ1n) is 9.58. The number of esters is 1. The van der Waals surface area contributed by atoms with Gasteiger partial charge in [0, 0.05) is 11.8 Å². The molecule has 0 spiro atoms. The molecular formula is C21H28O4. The number of carbonyl (C=O) groups excluding carboxylic acids is 1. The highest BCUT2D eigenvalue weighted by Gasteiger charge is 2.38. The molecule has 4 heteroatoms. The van der Waals surface area contributed by atoms with Gasteiger partial charge in [-0.3, -0.25) is 9.59 Å². The summed E-state index contributed by atoms with van der Waals surface area (Å²) in [6.07, 6.45) is 19.7. The minimum Gasteiger partial charge on any atom is -0.481 e. The van der Waals surface area contributed by atoms with Crippen LogP contribution in [0.25, 0.3) is 0 Å². The van der Waals surface area contributed by atoms with Gasteiger partial charge in [0.1, 0.15) is 6.10 Å². The molecule has 1 N–H and O–H groups in total. The Bertz CT molecular complexity index is 550. The van der Waals surface area contributed by atoms with Crippen LogP contribution in [-0.2, 0) is 14.3 Å². The second-order valence-electron chi connectivity index (χ2n) is 7.44. The Morgan fingerprint density at radius 1 is 0.880 bits per heavy atom. The van der Waals surface area contributed by atoms with Crippen molar-refractivity contribution >= 4 is 11.9 Å². The highest BCUT2D eigenvalue weighted by Crippen LogP contribution is 2.35. The van der Waals surface area contributed by atoms with Gasteiger partial charge >= 0.3 is 11.9 Å². The number of carbonyl (C=O) groups is 2. The molecule has 136 valence electrons. The van der Waals surface area contributed by atoms with Crippen molar-refractivity contribution in [1.82, 2.24) is 0 Å². The Balaban J connectivity index is 1.75. The van der Waals surface area contributed by atoms with Crippen molar-refractivity contribution in [1.29, 1.82) is 0 Å². The molecule has 0 heterocycles. The van der Waals surface area contributed by atoms with Crippen LogP contribution in [0.15, 0.2) is 36.5 Å². The number of aliphatic carboxylic acids is 1. The highest BCUT2D eigenvalue weighted by molar-refractivity contribution is 5.82. The van der Waals surface area contributed by atoms with E-state index in [0.717, 1.165) is 38.5 Å². The van der Waals surface area contributed by atoms with E-state index in [1.54, 1.807) is 0 Å². The van der Waals surface area contributed by atoms with Gasteiger partial charge in [-0.15, -0.1) is 0 Å². The van der Waals surface area contributed by atoms with Gasteiger partial charge in [-0.05, 0) is 51.4 Å². The van der Waals surface area contributed by atoms with Gasteiger partial charge in [0.15, 0.2) is 0 Å². The van der Waals surface area contributed by atoms with Crippen LogP contribution in [0, 0.1) is 23.7 Å². The second kappa shape index (κ2) is 8.50. The predicted molar refractivity (Wildman–Crippen MR) is 95.8 cm³/mol. The van der Waals surface area contributed by atoms with Gasteiger partial charge < -0.3 is 9.84 Å². The first-order chi connectivity index (χ1) is 12.2. The van der Waals surface area contributed by atoms with Crippen LogP contribution in [0.2, 0.25) is 0 Å². The molecule has 3 aliphatic rings. The summed E-state index contributed by atoms with van der Waals surface area (Å²) in [5, 5.41) is 9.43. The first-order valence-corrected chi connectivity index (χ1v) is 9.58. The molecule has 3 rings (SSSR count). The topological polar surface area (TPSA) is 63.6 Å². The molecule has 3 aliphatic carbocycles. The molecule has 0 fully saturated rings. The standard InChI is InChI=1S/C21H28O4/c22-20(23)17-13-7-8-14-18(17)21(24)25-19(15-9-3-1-4-10-15)16-11-5-2-6-12-16/h3,5,7-9,11,15-19H,1-2,4,6,10,12-14H2,(H,22,23). The van der Waals surface area contributed by atoms with E-state index >= 15 is 0 Å². The number of carboxylic acid groups (broad SMARTS) is 1. The van der Waals surface area contributed by atoms with E-state index in [-0.39, 0.29) is 23.9 Å².